The molecule has 86 valence electrons. The molecular weight excluding hydrogens is 196 g/mol. The summed E-state index contributed by atoms with van der Waals surface area (Å²) in [6.45, 7) is 4.58. The van der Waals surface area contributed by atoms with Crippen molar-refractivity contribution in [3.8, 4) is 12.3 Å². The lowest BCUT2D eigenvalue weighted by atomic mass is 9.97. The zero-order chi connectivity index (χ0) is 12.0. The molecule has 0 aromatic heterocycles. The summed E-state index contributed by atoms with van der Waals surface area (Å²) in [6, 6.07) is 6.49. The van der Waals surface area contributed by atoms with Crippen molar-refractivity contribution in [3.05, 3.63) is 29.3 Å². The van der Waals surface area contributed by atoms with Gasteiger partial charge in [-0.3, -0.25) is 0 Å². The van der Waals surface area contributed by atoms with Crippen molar-refractivity contribution in [1.82, 2.24) is 0 Å². The molecule has 3 N–H and O–H groups in total. The second-order valence-electron chi connectivity index (χ2n) is 3.60. The van der Waals surface area contributed by atoms with Crippen LogP contribution in [0.5, 0.6) is 0 Å². The van der Waals surface area contributed by atoms with Gasteiger partial charge in [0.25, 0.3) is 0 Å². The van der Waals surface area contributed by atoms with Gasteiger partial charge in [0, 0.05) is 12.2 Å². The van der Waals surface area contributed by atoms with Gasteiger partial charge in [-0.15, -0.1) is 6.42 Å². The molecule has 0 saturated carbocycles. The number of anilines is 1. The molecule has 1 unspecified atom stereocenters. The Kier molecular flexibility index (Phi) is 4.88. The largest absolute Gasteiger partial charge is 0.371 e. The Morgan fingerprint density at radius 1 is 1.50 bits per heavy atom. The minimum atomic E-state index is 0.176. The molecular formula is C14H20N2. The highest BCUT2D eigenvalue weighted by Crippen LogP contribution is 2.25. The third-order valence-corrected chi connectivity index (χ3v) is 2.64. The number of fused-ring (bicyclic) bond motifs is 1. The predicted octanol–water partition coefficient (Wildman–Crippen LogP) is 2.53. The van der Waals surface area contributed by atoms with Crippen LogP contribution in [-0.4, -0.2) is 6.04 Å². The Morgan fingerprint density at radius 3 is 2.88 bits per heavy atom. The van der Waals surface area contributed by atoms with Gasteiger partial charge in [-0.05, 0) is 30.0 Å². The van der Waals surface area contributed by atoms with Crippen molar-refractivity contribution >= 4 is 5.69 Å². The van der Waals surface area contributed by atoms with Gasteiger partial charge in [-0.25, -0.2) is 0 Å². The highest BCUT2D eigenvalue weighted by atomic mass is 14.9. The summed E-state index contributed by atoms with van der Waals surface area (Å²) in [5, 5.41) is 3.33. The van der Waals surface area contributed by atoms with E-state index in [-0.39, 0.29) is 6.04 Å². The van der Waals surface area contributed by atoms with Gasteiger partial charge in [0.1, 0.15) is 0 Å². The van der Waals surface area contributed by atoms with Crippen molar-refractivity contribution in [2.45, 2.75) is 39.3 Å². The van der Waals surface area contributed by atoms with Gasteiger partial charge in [0.15, 0.2) is 0 Å². The highest BCUT2D eigenvalue weighted by Gasteiger charge is 2.15. The molecule has 0 spiro atoms. The van der Waals surface area contributed by atoms with E-state index in [1.807, 2.05) is 13.8 Å². The van der Waals surface area contributed by atoms with Crippen LogP contribution in [0.1, 0.15) is 31.4 Å². The molecule has 0 bridgehead atoms. The van der Waals surface area contributed by atoms with E-state index < -0.39 is 0 Å². The average molecular weight is 216 g/mol. The van der Waals surface area contributed by atoms with E-state index in [4.69, 9.17) is 12.2 Å². The maximum absolute atomic E-state index is 5.58. The van der Waals surface area contributed by atoms with Crippen LogP contribution in [0.2, 0.25) is 0 Å². The first-order chi connectivity index (χ1) is 7.83. The van der Waals surface area contributed by atoms with Crippen LogP contribution < -0.4 is 11.1 Å². The quantitative estimate of drug-likeness (QED) is 0.708. The van der Waals surface area contributed by atoms with Crippen molar-refractivity contribution in [2.75, 3.05) is 5.32 Å². The monoisotopic (exact) mass is 216 g/mol. The van der Waals surface area contributed by atoms with E-state index in [9.17, 15) is 0 Å². The molecule has 0 fully saturated rings. The van der Waals surface area contributed by atoms with Crippen LogP contribution in [0.25, 0.3) is 0 Å². The third kappa shape index (κ3) is 2.77. The Morgan fingerprint density at radius 2 is 2.25 bits per heavy atom. The van der Waals surface area contributed by atoms with Gasteiger partial charge in [-0.2, -0.15) is 0 Å². The normalized spacial score (nSPS) is 17.2. The molecule has 0 amide bonds. The molecule has 0 radical (unpaired) electrons. The van der Waals surface area contributed by atoms with Gasteiger partial charge in [0.05, 0.1) is 6.04 Å². The molecule has 2 heteroatoms. The van der Waals surface area contributed by atoms with Crippen molar-refractivity contribution in [3.63, 3.8) is 0 Å². The molecule has 0 saturated heterocycles. The van der Waals surface area contributed by atoms with E-state index in [2.05, 4.69) is 29.4 Å². The lowest BCUT2D eigenvalue weighted by molar-refractivity contribution is 0.746. The lowest BCUT2D eigenvalue weighted by Gasteiger charge is -2.23. The fourth-order valence-electron chi connectivity index (χ4n) is 1.79. The predicted molar refractivity (Wildman–Crippen MR) is 70.2 cm³/mol. The van der Waals surface area contributed by atoms with Gasteiger partial charge in [-0.1, -0.05) is 31.9 Å². The van der Waals surface area contributed by atoms with Crippen LogP contribution in [0, 0.1) is 12.3 Å². The summed E-state index contributed by atoms with van der Waals surface area (Å²) in [4.78, 5) is 0. The van der Waals surface area contributed by atoms with E-state index in [1.54, 1.807) is 0 Å². The van der Waals surface area contributed by atoms with Crippen LogP contribution in [0.4, 0.5) is 5.69 Å². The van der Waals surface area contributed by atoms with Crippen LogP contribution in [0.3, 0.4) is 0 Å². The first-order valence-corrected chi connectivity index (χ1v) is 5.88. The minimum absolute atomic E-state index is 0.176. The van der Waals surface area contributed by atoms with Crippen molar-refractivity contribution in [2.24, 2.45) is 5.73 Å². The van der Waals surface area contributed by atoms with Gasteiger partial charge in [0.2, 0.25) is 0 Å². The first-order valence-electron chi connectivity index (χ1n) is 5.88. The molecule has 1 aliphatic rings. The second-order valence-corrected chi connectivity index (χ2v) is 3.60. The van der Waals surface area contributed by atoms with E-state index in [0.717, 1.165) is 24.1 Å². The van der Waals surface area contributed by atoms with E-state index in [0.29, 0.717) is 6.54 Å². The number of benzene rings is 1. The van der Waals surface area contributed by atoms with Crippen LogP contribution in [0.15, 0.2) is 18.2 Å². The summed E-state index contributed by atoms with van der Waals surface area (Å²) < 4.78 is 0. The summed E-state index contributed by atoms with van der Waals surface area (Å²) in [5.41, 5.74) is 9.23. The molecule has 1 aromatic carbocycles. The first kappa shape index (κ1) is 12.6. The smallest absolute Gasteiger partial charge is 0.0877 e. The second kappa shape index (κ2) is 6.19. The highest BCUT2D eigenvalue weighted by molar-refractivity contribution is 5.57. The fourth-order valence-corrected chi connectivity index (χ4v) is 1.79. The number of aryl methyl sites for hydroxylation is 1. The standard InChI is InChI=1S/C12H14N2.C2H6/c1-2-11-6-5-10-4-3-9(8-13)7-12(10)14-11;1-2/h1,3-4,7,11,14H,5-6,8,13H2;1-2H3. The van der Waals surface area contributed by atoms with Gasteiger partial charge >= 0.3 is 0 Å². The number of terminal acetylenes is 1. The Bertz CT molecular complexity index is 377. The molecule has 2 rings (SSSR count). The number of hydrogen-bond acceptors (Lipinski definition) is 2. The number of nitrogens with two attached hydrogens (primary N) is 1. The summed E-state index contributed by atoms with van der Waals surface area (Å²) in [7, 11) is 0. The Balaban J connectivity index is 0.000000606. The number of rotatable bonds is 1. The molecule has 0 aliphatic carbocycles. The fraction of sp³-hybridized carbons (Fsp3) is 0.429. The Labute approximate surface area is 98.2 Å². The number of nitrogens with one attached hydrogen (secondary N) is 1. The minimum Gasteiger partial charge on any atom is -0.371 e. The summed E-state index contributed by atoms with van der Waals surface area (Å²) >= 11 is 0. The number of hydrogen-bond donors (Lipinski definition) is 2. The summed E-state index contributed by atoms with van der Waals surface area (Å²) in [6.07, 6.45) is 7.47. The SMILES string of the molecule is C#CC1CCc2ccc(CN)cc2N1.CC. The van der Waals surface area contributed by atoms with Crippen LogP contribution in [-0.2, 0) is 13.0 Å². The maximum Gasteiger partial charge on any atom is 0.0877 e. The van der Waals surface area contributed by atoms with Crippen molar-refractivity contribution < 1.29 is 0 Å². The third-order valence-electron chi connectivity index (χ3n) is 2.64. The van der Waals surface area contributed by atoms with Crippen LogP contribution >= 0.6 is 0 Å². The Hall–Kier alpha value is -1.46. The molecule has 1 heterocycles. The molecule has 1 aromatic rings. The molecule has 2 nitrogen and oxygen atoms in total. The molecule has 1 atom stereocenters. The topological polar surface area (TPSA) is 38.0 Å². The van der Waals surface area contributed by atoms with Gasteiger partial charge < -0.3 is 11.1 Å². The van der Waals surface area contributed by atoms with E-state index in [1.165, 1.54) is 5.56 Å². The van der Waals surface area contributed by atoms with Crippen molar-refractivity contribution in [1.29, 1.82) is 0 Å². The van der Waals surface area contributed by atoms with E-state index >= 15 is 0 Å². The maximum atomic E-state index is 5.58. The molecule has 16 heavy (non-hydrogen) atoms. The zero-order valence-electron chi connectivity index (χ0n) is 10.1. The summed E-state index contributed by atoms with van der Waals surface area (Å²) in [5.74, 6) is 2.74. The lowest BCUT2D eigenvalue weighted by Crippen LogP contribution is -2.23. The zero-order valence-corrected chi connectivity index (χ0v) is 10.1. The molecule has 1 aliphatic heterocycles. The average Bonchev–Trinajstić information content (AvgIpc) is 2.39.